The number of hydrogen-bond donors (Lipinski definition) is 0. The van der Waals surface area contributed by atoms with E-state index in [1.807, 2.05) is 42.5 Å². The topological polar surface area (TPSA) is 59.7 Å². The average Bonchev–Trinajstić information content (AvgIpc) is 3.49. The van der Waals surface area contributed by atoms with Crippen molar-refractivity contribution in [2.75, 3.05) is 4.90 Å². The first kappa shape index (κ1) is 25.6. The molecular weight excluding hydrogens is 540 g/mol. The number of nitrogens with zero attached hydrogens (tertiary/aromatic N) is 6. The monoisotopic (exact) mass is 566 g/mol. The first-order chi connectivity index (χ1) is 21.8. The van der Waals surface area contributed by atoms with Gasteiger partial charge >= 0.3 is 0 Å². The minimum atomic E-state index is 0.779. The molecule has 0 unspecified atom stereocenters. The van der Waals surface area contributed by atoms with Gasteiger partial charge in [-0.15, -0.1) is 0 Å². The summed E-state index contributed by atoms with van der Waals surface area (Å²) in [4.78, 5) is 21.1. The van der Waals surface area contributed by atoms with E-state index in [2.05, 4.69) is 116 Å². The highest BCUT2D eigenvalue weighted by molar-refractivity contribution is 5.89. The van der Waals surface area contributed by atoms with Gasteiger partial charge in [0.2, 0.25) is 0 Å². The summed E-state index contributed by atoms with van der Waals surface area (Å²) < 4.78 is 2.08. The summed E-state index contributed by atoms with van der Waals surface area (Å²) >= 11 is 0. The maximum absolute atomic E-state index is 5.00. The Morgan fingerprint density at radius 2 is 1.02 bits per heavy atom. The number of benzene rings is 5. The summed E-state index contributed by atoms with van der Waals surface area (Å²) in [6.45, 7) is 0. The van der Waals surface area contributed by atoms with Crippen LogP contribution in [0.15, 0.2) is 158 Å². The Balaban J connectivity index is 1.16. The highest BCUT2D eigenvalue weighted by atomic mass is 15.1. The molecule has 0 saturated carbocycles. The Kier molecular flexibility index (Phi) is 6.35. The lowest BCUT2D eigenvalue weighted by molar-refractivity contribution is 1.08. The molecule has 0 radical (unpaired) electrons. The van der Waals surface area contributed by atoms with Crippen molar-refractivity contribution in [3.63, 3.8) is 0 Å². The smallest absolute Gasteiger partial charge is 0.165 e. The number of anilines is 3. The van der Waals surface area contributed by atoms with E-state index in [-0.39, 0.29) is 0 Å². The molecule has 0 N–H and O–H groups in total. The average molecular weight is 567 g/mol. The normalized spacial score (nSPS) is 11.2. The van der Waals surface area contributed by atoms with Gasteiger partial charge in [-0.25, -0.2) is 9.97 Å². The van der Waals surface area contributed by atoms with E-state index in [0.29, 0.717) is 0 Å². The molecule has 0 spiro atoms. The molecule has 6 heteroatoms. The Hall–Kier alpha value is -6.14. The van der Waals surface area contributed by atoms with Crippen LogP contribution in [-0.2, 0) is 0 Å². The molecule has 0 aliphatic heterocycles. The quantitative estimate of drug-likeness (QED) is 0.201. The van der Waals surface area contributed by atoms with Crippen molar-refractivity contribution in [3.05, 3.63) is 158 Å². The van der Waals surface area contributed by atoms with Crippen molar-refractivity contribution in [1.82, 2.24) is 24.5 Å². The Morgan fingerprint density at radius 1 is 0.432 bits per heavy atom. The number of imidazole rings is 1. The SMILES string of the molecule is c1ccc(N(c2ccccc2)c2ccc(-c3ccc(-c4nc5cccnc5n4-c4cccc5nccnc45)cc3)cc2)cc1. The van der Waals surface area contributed by atoms with Gasteiger partial charge < -0.3 is 4.90 Å². The Labute approximate surface area is 254 Å². The minimum absolute atomic E-state index is 0.779. The van der Waals surface area contributed by atoms with Crippen LogP contribution in [0.3, 0.4) is 0 Å². The van der Waals surface area contributed by atoms with Crippen molar-refractivity contribution in [1.29, 1.82) is 0 Å². The fourth-order valence-electron chi connectivity index (χ4n) is 5.71. The van der Waals surface area contributed by atoms with Crippen LogP contribution in [0.5, 0.6) is 0 Å². The van der Waals surface area contributed by atoms with E-state index in [9.17, 15) is 0 Å². The van der Waals surface area contributed by atoms with Gasteiger partial charge in [-0.2, -0.15) is 0 Å². The molecule has 0 aliphatic rings. The second kappa shape index (κ2) is 10.9. The molecule has 0 fully saturated rings. The van der Waals surface area contributed by atoms with Crippen LogP contribution in [-0.4, -0.2) is 24.5 Å². The first-order valence-corrected chi connectivity index (χ1v) is 14.5. The summed E-state index contributed by atoms with van der Waals surface area (Å²) in [5, 5.41) is 0. The molecule has 0 bridgehead atoms. The summed E-state index contributed by atoms with van der Waals surface area (Å²) in [5.41, 5.74) is 10.7. The zero-order valence-electron chi connectivity index (χ0n) is 23.7. The first-order valence-electron chi connectivity index (χ1n) is 14.5. The summed E-state index contributed by atoms with van der Waals surface area (Å²) in [6.07, 6.45) is 5.23. The molecule has 44 heavy (non-hydrogen) atoms. The standard InChI is InChI=1S/C38H26N6/c1-3-9-30(10-4-1)43(31-11-5-2-6-12-31)32-22-20-28(21-23-32)27-16-18-29(19-17-27)37-42-34-14-8-24-41-38(34)44(37)35-15-7-13-33-36(35)40-26-25-39-33/h1-26H. The third kappa shape index (κ3) is 4.55. The molecule has 3 aromatic heterocycles. The largest absolute Gasteiger partial charge is 0.311 e. The summed E-state index contributed by atoms with van der Waals surface area (Å²) in [6, 6.07) is 48.0. The van der Waals surface area contributed by atoms with Gasteiger partial charge in [0.15, 0.2) is 5.65 Å². The molecule has 0 aliphatic carbocycles. The number of para-hydroxylation sites is 3. The van der Waals surface area contributed by atoms with Gasteiger partial charge in [0, 0.05) is 41.2 Å². The zero-order chi connectivity index (χ0) is 29.3. The molecule has 8 aromatic rings. The van der Waals surface area contributed by atoms with Crippen LogP contribution >= 0.6 is 0 Å². The lowest BCUT2D eigenvalue weighted by atomic mass is 10.0. The van der Waals surface area contributed by atoms with E-state index < -0.39 is 0 Å². The second-order valence-electron chi connectivity index (χ2n) is 10.4. The molecule has 6 nitrogen and oxygen atoms in total. The van der Waals surface area contributed by atoms with Crippen molar-refractivity contribution < 1.29 is 0 Å². The van der Waals surface area contributed by atoms with Crippen LogP contribution in [0, 0.1) is 0 Å². The molecule has 3 heterocycles. The molecular formula is C38H26N6. The third-order valence-electron chi connectivity index (χ3n) is 7.77. The molecule has 0 saturated heterocycles. The maximum Gasteiger partial charge on any atom is 0.165 e. The third-order valence-corrected chi connectivity index (χ3v) is 7.77. The van der Waals surface area contributed by atoms with Crippen LogP contribution in [0.4, 0.5) is 17.1 Å². The summed E-state index contributed by atoms with van der Waals surface area (Å²) in [5.74, 6) is 0.806. The number of aromatic nitrogens is 5. The lowest BCUT2D eigenvalue weighted by Gasteiger charge is -2.25. The minimum Gasteiger partial charge on any atom is -0.311 e. The predicted molar refractivity (Wildman–Crippen MR) is 178 cm³/mol. The summed E-state index contributed by atoms with van der Waals surface area (Å²) in [7, 11) is 0. The highest BCUT2D eigenvalue weighted by Gasteiger charge is 2.18. The number of hydrogen-bond acceptors (Lipinski definition) is 5. The Bertz CT molecular complexity index is 2160. The molecule has 0 atom stereocenters. The second-order valence-corrected chi connectivity index (χ2v) is 10.4. The van der Waals surface area contributed by atoms with E-state index >= 15 is 0 Å². The van der Waals surface area contributed by atoms with Gasteiger partial charge in [0.25, 0.3) is 0 Å². The van der Waals surface area contributed by atoms with Crippen molar-refractivity contribution >= 4 is 39.3 Å². The van der Waals surface area contributed by atoms with Crippen molar-refractivity contribution in [3.8, 4) is 28.2 Å². The van der Waals surface area contributed by atoms with Gasteiger partial charge in [-0.3, -0.25) is 14.5 Å². The van der Waals surface area contributed by atoms with Crippen LogP contribution in [0.1, 0.15) is 0 Å². The van der Waals surface area contributed by atoms with Crippen LogP contribution in [0.2, 0.25) is 0 Å². The van der Waals surface area contributed by atoms with E-state index in [1.165, 1.54) is 0 Å². The highest BCUT2D eigenvalue weighted by Crippen LogP contribution is 2.36. The molecule has 8 rings (SSSR count). The zero-order valence-corrected chi connectivity index (χ0v) is 23.7. The molecule has 5 aromatic carbocycles. The van der Waals surface area contributed by atoms with Crippen LogP contribution in [0.25, 0.3) is 50.4 Å². The lowest BCUT2D eigenvalue weighted by Crippen LogP contribution is -2.09. The van der Waals surface area contributed by atoms with Gasteiger partial charge in [0.05, 0.1) is 11.2 Å². The van der Waals surface area contributed by atoms with Gasteiger partial charge in [-0.1, -0.05) is 78.9 Å². The number of rotatable bonds is 6. The van der Waals surface area contributed by atoms with E-state index in [4.69, 9.17) is 9.97 Å². The van der Waals surface area contributed by atoms with Crippen molar-refractivity contribution in [2.45, 2.75) is 0 Å². The van der Waals surface area contributed by atoms with E-state index in [0.717, 1.165) is 67.5 Å². The fourth-order valence-corrected chi connectivity index (χ4v) is 5.71. The number of pyridine rings is 1. The van der Waals surface area contributed by atoms with Crippen molar-refractivity contribution in [2.24, 2.45) is 0 Å². The maximum atomic E-state index is 5.00. The van der Waals surface area contributed by atoms with Crippen LogP contribution < -0.4 is 4.90 Å². The molecule has 208 valence electrons. The van der Waals surface area contributed by atoms with E-state index in [1.54, 1.807) is 18.6 Å². The Morgan fingerprint density at radius 3 is 1.73 bits per heavy atom. The van der Waals surface area contributed by atoms with Gasteiger partial charge in [-0.05, 0) is 71.8 Å². The molecule has 0 amide bonds. The predicted octanol–water partition coefficient (Wildman–Crippen LogP) is 9.17. The van der Waals surface area contributed by atoms with Gasteiger partial charge in [0.1, 0.15) is 16.9 Å². The number of fused-ring (bicyclic) bond motifs is 2. The fraction of sp³-hybridized carbons (Fsp3) is 0.